The lowest BCUT2D eigenvalue weighted by molar-refractivity contribution is -0.128. The zero-order chi connectivity index (χ0) is 21.7. The van der Waals surface area contributed by atoms with Crippen molar-refractivity contribution in [2.75, 3.05) is 33.9 Å². The van der Waals surface area contributed by atoms with Crippen LogP contribution in [0.25, 0.3) is 11.4 Å². The Balaban J connectivity index is 1.58. The number of piperidine rings is 1. The normalized spacial score (nSPS) is 17.6. The van der Waals surface area contributed by atoms with Crippen LogP contribution in [0.1, 0.15) is 39.5 Å². The van der Waals surface area contributed by atoms with E-state index in [1.807, 2.05) is 39.0 Å². The van der Waals surface area contributed by atoms with Crippen LogP contribution in [-0.2, 0) is 11.3 Å². The number of hydrogen-bond acceptors (Lipinski definition) is 7. The molecule has 0 aliphatic carbocycles. The number of amides is 1. The Labute approximate surface area is 177 Å². The molecule has 1 fully saturated rings. The summed E-state index contributed by atoms with van der Waals surface area (Å²) in [7, 11) is 3.20. The van der Waals surface area contributed by atoms with Gasteiger partial charge in [0.25, 0.3) is 0 Å². The third-order valence-electron chi connectivity index (χ3n) is 5.30. The van der Waals surface area contributed by atoms with Gasteiger partial charge < -0.3 is 19.3 Å². The zero-order valence-electron chi connectivity index (χ0n) is 18.5. The van der Waals surface area contributed by atoms with Gasteiger partial charge in [-0.25, -0.2) is 0 Å². The number of benzene rings is 1. The summed E-state index contributed by atoms with van der Waals surface area (Å²) in [6.45, 7) is 8.98. The fourth-order valence-electron chi connectivity index (χ4n) is 3.57. The monoisotopic (exact) mass is 416 g/mol. The van der Waals surface area contributed by atoms with Crippen molar-refractivity contribution in [3.8, 4) is 22.9 Å². The number of carbonyl (C=O) groups is 1. The molecule has 3 rings (SSSR count). The highest BCUT2D eigenvalue weighted by Gasteiger charge is 2.25. The van der Waals surface area contributed by atoms with Crippen LogP contribution in [0.2, 0.25) is 0 Å². The number of nitrogens with zero attached hydrogens (tertiary/aromatic N) is 3. The van der Waals surface area contributed by atoms with Crippen LogP contribution >= 0.6 is 0 Å². The van der Waals surface area contributed by atoms with Crippen molar-refractivity contribution >= 4 is 5.91 Å². The van der Waals surface area contributed by atoms with Gasteiger partial charge in [0.05, 0.1) is 20.8 Å². The molecular weight excluding hydrogens is 384 g/mol. The predicted octanol–water partition coefficient (Wildman–Crippen LogP) is 3.13. The van der Waals surface area contributed by atoms with Crippen LogP contribution in [0.4, 0.5) is 0 Å². The number of ether oxygens (including phenoxy) is 2. The fourth-order valence-corrected chi connectivity index (χ4v) is 3.57. The number of hydrogen-bond donors (Lipinski definition) is 1. The summed E-state index contributed by atoms with van der Waals surface area (Å²) in [5, 5.41) is 7.21. The van der Waals surface area contributed by atoms with Crippen molar-refractivity contribution in [2.24, 2.45) is 11.3 Å². The summed E-state index contributed by atoms with van der Waals surface area (Å²) >= 11 is 0. The lowest BCUT2D eigenvalue weighted by Gasteiger charge is -2.32. The molecule has 30 heavy (non-hydrogen) atoms. The number of nitrogens with one attached hydrogen (secondary N) is 1. The second kappa shape index (κ2) is 9.47. The van der Waals surface area contributed by atoms with E-state index in [0.29, 0.717) is 42.2 Å². The summed E-state index contributed by atoms with van der Waals surface area (Å²) < 4.78 is 16.1. The molecule has 2 aromatic rings. The lowest BCUT2D eigenvalue weighted by atomic mass is 9.94. The van der Waals surface area contributed by atoms with Crippen molar-refractivity contribution in [3.63, 3.8) is 0 Å². The highest BCUT2D eigenvalue weighted by Crippen LogP contribution is 2.31. The second-order valence-corrected chi connectivity index (χ2v) is 8.78. The minimum atomic E-state index is -0.362. The maximum atomic E-state index is 12.1. The minimum Gasteiger partial charge on any atom is -0.493 e. The smallest absolute Gasteiger partial charge is 0.241 e. The van der Waals surface area contributed by atoms with Crippen molar-refractivity contribution in [2.45, 2.75) is 40.2 Å². The number of likely N-dealkylation sites (tertiary alicyclic amines) is 1. The van der Waals surface area contributed by atoms with Gasteiger partial charge in [0.1, 0.15) is 0 Å². The molecule has 1 amide bonds. The molecule has 0 spiro atoms. The highest BCUT2D eigenvalue weighted by molar-refractivity contribution is 5.81. The molecule has 1 aliphatic heterocycles. The largest absolute Gasteiger partial charge is 0.493 e. The topological polar surface area (TPSA) is 89.7 Å². The van der Waals surface area contributed by atoms with Gasteiger partial charge in [-0.05, 0) is 43.5 Å². The quantitative estimate of drug-likeness (QED) is 0.742. The Kier molecular flexibility index (Phi) is 6.97. The maximum Gasteiger partial charge on any atom is 0.241 e. The first-order chi connectivity index (χ1) is 14.3. The van der Waals surface area contributed by atoms with Gasteiger partial charge in [-0.1, -0.05) is 25.9 Å². The average Bonchev–Trinajstić information content (AvgIpc) is 3.19. The molecule has 1 aliphatic rings. The van der Waals surface area contributed by atoms with Crippen molar-refractivity contribution in [1.82, 2.24) is 20.4 Å². The molecule has 0 radical (unpaired) electrons. The number of aromatic nitrogens is 2. The predicted molar refractivity (Wildman–Crippen MR) is 113 cm³/mol. The van der Waals surface area contributed by atoms with E-state index in [2.05, 4.69) is 20.4 Å². The summed E-state index contributed by atoms with van der Waals surface area (Å²) in [6, 6.07) is 5.54. The molecular formula is C22H32N4O4. The maximum absolute atomic E-state index is 12.1. The van der Waals surface area contributed by atoms with Gasteiger partial charge in [0.15, 0.2) is 11.5 Å². The molecule has 1 saturated heterocycles. The van der Waals surface area contributed by atoms with Gasteiger partial charge in [-0.3, -0.25) is 9.69 Å². The van der Waals surface area contributed by atoms with E-state index < -0.39 is 0 Å². The highest BCUT2D eigenvalue weighted by atomic mass is 16.5. The molecule has 1 unspecified atom stereocenters. The molecule has 8 nitrogen and oxygen atoms in total. The number of methoxy groups -OCH3 is 2. The number of rotatable bonds is 7. The summed E-state index contributed by atoms with van der Waals surface area (Å²) in [5.41, 5.74) is 0.447. The molecule has 1 atom stereocenters. The van der Waals surface area contributed by atoms with E-state index in [1.165, 1.54) is 0 Å². The molecule has 1 N–H and O–H groups in total. The van der Waals surface area contributed by atoms with E-state index in [9.17, 15) is 4.79 Å². The van der Waals surface area contributed by atoms with Crippen LogP contribution in [0.5, 0.6) is 11.5 Å². The molecule has 1 aromatic heterocycles. The Morgan fingerprint density at radius 2 is 2.03 bits per heavy atom. The first-order valence-corrected chi connectivity index (χ1v) is 10.4. The van der Waals surface area contributed by atoms with E-state index in [1.54, 1.807) is 14.2 Å². The van der Waals surface area contributed by atoms with Crippen molar-refractivity contribution < 1.29 is 18.8 Å². The lowest BCUT2D eigenvalue weighted by Crippen LogP contribution is -2.43. The Bertz CT molecular complexity index is 859. The summed E-state index contributed by atoms with van der Waals surface area (Å²) in [6.07, 6.45) is 2.20. The minimum absolute atomic E-state index is 0.0936. The van der Waals surface area contributed by atoms with Crippen molar-refractivity contribution in [3.05, 3.63) is 24.1 Å². The standard InChI is InChI=1S/C22H32N4O4/c1-22(2,3)21(27)23-12-15-7-6-10-26(13-15)14-19-24-20(25-30-19)16-8-9-17(28-4)18(11-16)29-5/h8-9,11,15H,6-7,10,12-14H2,1-5H3,(H,23,27). The second-order valence-electron chi connectivity index (χ2n) is 8.78. The molecule has 2 heterocycles. The van der Waals surface area contributed by atoms with E-state index in [-0.39, 0.29) is 11.3 Å². The third kappa shape index (κ3) is 5.50. The van der Waals surface area contributed by atoms with Crippen molar-refractivity contribution in [1.29, 1.82) is 0 Å². The van der Waals surface area contributed by atoms with Gasteiger partial charge >= 0.3 is 0 Å². The number of carbonyl (C=O) groups excluding carboxylic acids is 1. The van der Waals surface area contributed by atoms with Gasteiger partial charge in [-0.2, -0.15) is 4.98 Å². The molecule has 0 saturated carbocycles. The average molecular weight is 417 g/mol. The summed E-state index contributed by atoms with van der Waals surface area (Å²) in [5.74, 6) is 2.91. The van der Waals surface area contributed by atoms with Gasteiger partial charge in [-0.15, -0.1) is 0 Å². The van der Waals surface area contributed by atoms with E-state index >= 15 is 0 Å². The third-order valence-corrected chi connectivity index (χ3v) is 5.30. The van der Waals surface area contributed by atoms with Crippen LogP contribution in [0, 0.1) is 11.3 Å². The van der Waals surface area contributed by atoms with Crippen LogP contribution in [-0.4, -0.2) is 54.8 Å². The van der Waals surface area contributed by atoms with Crippen LogP contribution in [0.3, 0.4) is 0 Å². The van der Waals surface area contributed by atoms with Gasteiger partial charge in [0.2, 0.25) is 17.6 Å². The Morgan fingerprint density at radius 3 is 2.73 bits per heavy atom. The first-order valence-electron chi connectivity index (χ1n) is 10.4. The Hall–Kier alpha value is -2.61. The first kappa shape index (κ1) is 22.1. The SMILES string of the molecule is COc1ccc(-c2noc(CN3CCCC(CNC(=O)C(C)(C)C)C3)n2)cc1OC. The molecule has 8 heteroatoms. The van der Waals surface area contributed by atoms with Crippen LogP contribution in [0.15, 0.2) is 22.7 Å². The van der Waals surface area contributed by atoms with E-state index in [4.69, 9.17) is 14.0 Å². The fraction of sp³-hybridized carbons (Fsp3) is 0.591. The molecule has 0 bridgehead atoms. The molecule has 1 aromatic carbocycles. The zero-order valence-corrected chi connectivity index (χ0v) is 18.5. The van der Waals surface area contributed by atoms with Crippen LogP contribution < -0.4 is 14.8 Å². The molecule has 164 valence electrons. The van der Waals surface area contributed by atoms with E-state index in [0.717, 1.165) is 31.5 Å². The Morgan fingerprint density at radius 1 is 1.27 bits per heavy atom. The van der Waals surface area contributed by atoms with Gasteiger partial charge in [0, 0.05) is 24.1 Å². The summed E-state index contributed by atoms with van der Waals surface area (Å²) in [4.78, 5) is 19.0.